The average molecular weight is 603 g/mol. The fraction of sp³-hybridized carbons (Fsp3) is 0.120. The molecule has 0 atom stereocenters. The molecule has 0 aliphatic carbocycles. The number of nitrogens with one attached hydrogen (secondary N) is 2. The molecular weight excluding hydrogens is 582 g/mol. The topological polar surface area (TPSA) is 106 Å². The van der Waals surface area contributed by atoms with E-state index in [0.29, 0.717) is 33.6 Å². The normalized spacial score (nSPS) is 10.6. The van der Waals surface area contributed by atoms with Gasteiger partial charge in [0.2, 0.25) is 0 Å². The first-order valence-corrected chi connectivity index (χ1v) is 12.1. The zero-order chi connectivity index (χ0) is 25.2. The molecule has 0 bridgehead atoms. The van der Waals surface area contributed by atoms with Gasteiger partial charge in [-0.3, -0.25) is 9.59 Å². The lowest BCUT2D eigenvalue weighted by atomic mass is 10.2. The lowest BCUT2D eigenvalue weighted by Crippen LogP contribution is -2.32. The number of carbonyl (C=O) groups excluding carboxylic acids is 3. The molecule has 0 unspecified atom stereocenters. The first kappa shape index (κ1) is 26.1. The second-order valence-electron chi connectivity index (χ2n) is 7.10. The van der Waals surface area contributed by atoms with Crippen LogP contribution in [-0.2, 0) is 9.59 Å². The molecule has 180 valence electrons. The molecule has 10 heteroatoms. The molecule has 2 N–H and O–H groups in total. The van der Waals surface area contributed by atoms with Gasteiger partial charge in [-0.2, -0.15) is 5.10 Å². The summed E-state index contributed by atoms with van der Waals surface area (Å²) in [5, 5.41) is 6.28. The maximum Gasteiger partial charge on any atom is 0.343 e. The summed E-state index contributed by atoms with van der Waals surface area (Å²) in [6.07, 6.45) is 2.16. The number of rotatable bonds is 8. The predicted octanol–water partition coefficient (Wildman–Crippen LogP) is 5.31. The third-order valence-electron chi connectivity index (χ3n) is 4.42. The highest BCUT2D eigenvalue weighted by Crippen LogP contribution is 2.23. The van der Waals surface area contributed by atoms with E-state index in [1.807, 2.05) is 6.92 Å². The number of anilines is 1. The molecule has 3 aromatic rings. The van der Waals surface area contributed by atoms with Gasteiger partial charge >= 0.3 is 17.8 Å². The molecule has 0 aliphatic rings. The molecule has 0 saturated carbocycles. The standard InChI is InChI=1S/C25H21Br2N3O5/c1-2-13-34-21-10-3-16(4-11-21)25(33)35-22-12-7-19(27)14-17(22)15-28-30-24(32)23(31)29-20-8-5-18(26)6-9-20/h3-12,14-15H,2,13H2,1H3,(H,29,31)(H,30,32)/b28-15-. The van der Waals surface area contributed by atoms with Crippen molar-refractivity contribution in [1.29, 1.82) is 0 Å². The van der Waals surface area contributed by atoms with Crippen LogP contribution >= 0.6 is 31.9 Å². The largest absolute Gasteiger partial charge is 0.494 e. The molecule has 3 aromatic carbocycles. The molecule has 2 amide bonds. The number of ether oxygens (including phenoxy) is 2. The Labute approximate surface area is 219 Å². The highest BCUT2D eigenvalue weighted by molar-refractivity contribution is 9.10. The molecule has 0 aromatic heterocycles. The summed E-state index contributed by atoms with van der Waals surface area (Å²) in [7, 11) is 0. The Hall–Kier alpha value is -3.50. The van der Waals surface area contributed by atoms with E-state index in [1.54, 1.807) is 66.7 Å². The quantitative estimate of drug-likeness (QED) is 0.120. The number of nitrogens with zero attached hydrogens (tertiary/aromatic N) is 1. The zero-order valence-corrected chi connectivity index (χ0v) is 21.8. The second-order valence-corrected chi connectivity index (χ2v) is 8.94. The van der Waals surface area contributed by atoms with Gasteiger partial charge in [0.25, 0.3) is 0 Å². The third kappa shape index (κ3) is 8.04. The second kappa shape index (κ2) is 12.8. The van der Waals surface area contributed by atoms with Crippen molar-refractivity contribution in [2.24, 2.45) is 5.10 Å². The van der Waals surface area contributed by atoms with Gasteiger partial charge in [0.15, 0.2) is 0 Å². The number of benzene rings is 3. The highest BCUT2D eigenvalue weighted by Gasteiger charge is 2.14. The van der Waals surface area contributed by atoms with E-state index in [2.05, 4.69) is 47.7 Å². The zero-order valence-electron chi connectivity index (χ0n) is 18.6. The smallest absolute Gasteiger partial charge is 0.343 e. The van der Waals surface area contributed by atoms with Crippen molar-refractivity contribution in [3.63, 3.8) is 0 Å². The fourth-order valence-corrected chi connectivity index (χ4v) is 3.35. The molecule has 0 radical (unpaired) electrons. The number of hydrogen-bond acceptors (Lipinski definition) is 6. The van der Waals surface area contributed by atoms with Crippen molar-refractivity contribution >= 4 is 61.5 Å². The van der Waals surface area contributed by atoms with Crippen LogP contribution in [0.2, 0.25) is 0 Å². The van der Waals surface area contributed by atoms with Gasteiger partial charge in [-0.05, 0) is 73.2 Å². The van der Waals surface area contributed by atoms with E-state index < -0.39 is 17.8 Å². The molecular formula is C25H21Br2N3O5. The van der Waals surface area contributed by atoms with Crippen molar-refractivity contribution in [3.05, 3.63) is 86.8 Å². The average Bonchev–Trinajstić information content (AvgIpc) is 2.85. The Morgan fingerprint density at radius 2 is 1.60 bits per heavy atom. The molecule has 3 rings (SSSR count). The van der Waals surface area contributed by atoms with Crippen LogP contribution in [-0.4, -0.2) is 30.6 Å². The maximum absolute atomic E-state index is 12.6. The molecule has 0 aliphatic heterocycles. The van der Waals surface area contributed by atoms with Gasteiger partial charge in [0.05, 0.1) is 18.4 Å². The summed E-state index contributed by atoms with van der Waals surface area (Å²) in [4.78, 5) is 36.7. The Bertz CT molecular complexity index is 1230. The molecule has 35 heavy (non-hydrogen) atoms. The van der Waals surface area contributed by atoms with E-state index in [9.17, 15) is 14.4 Å². The Morgan fingerprint density at radius 1 is 0.914 bits per heavy atom. The van der Waals surface area contributed by atoms with E-state index in [0.717, 1.165) is 10.9 Å². The molecule has 0 fully saturated rings. The first-order valence-electron chi connectivity index (χ1n) is 10.5. The number of halogens is 2. The number of carbonyl (C=O) groups is 3. The van der Waals surface area contributed by atoms with Gasteiger partial charge in [-0.1, -0.05) is 38.8 Å². The van der Waals surface area contributed by atoms with Crippen LogP contribution in [0.3, 0.4) is 0 Å². The SMILES string of the molecule is CCCOc1ccc(C(=O)Oc2ccc(Br)cc2/C=N\NC(=O)C(=O)Nc2ccc(Br)cc2)cc1. The van der Waals surface area contributed by atoms with Crippen molar-refractivity contribution < 1.29 is 23.9 Å². The molecule has 8 nitrogen and oxygen atoms in total. The first-order chi connectivity index (χ1) is 16.9. The maximum atomic E-state index is 12.6. The van der Waals surface area contributed by atoms with Gasteiger partial charge in [-0.15, -0.1) is 0 Å². The van der Waals surface area contributed by atoms with Gasteiger partial charge in [-0.25, -0.2) is 10.2 Å². The van der Waals surface area contributed by atoms with E-state index in [4.69, 9.17) is 9.47 Å². The van der Waals surface area contributed by atoms with Gasteiger partial charge < -0.3 is 14.8 Å². The van der Waals surface area contributed by atoms with Crippen molar-refractivity contribution in [2.45, 2.75) is 13.3 Å². The minimum absolute atomic E-state index is 0.224. The minimum Gasteiger partial charge on any atom is -0.494 e. The van der Waals surface area contributed by atoms with Gasteiger partial charge in [0, 0.05) is 20.2 Å². The molecule has 0 spiro atoms. The number of hydrazone groups is 1. The fourth-order valence-electron chi connectivity index (χ4n) is 2.71. The van der Waals surface area contributed by atoms with Crippen LogP contribution < -0.4 is 20.2 Å². The third-order valence-corrected chi connectivity index (χ3v) is 5.44. The summed E-state index contributed by atoms with van der Waals surface area (Å²) in [6.45, 7) is 2.60. The van der Waals surface area contributed by atoms with E-state index in [1.165, 1.54) is 6.21 Å². The summed E-state index contributed by atoms with van der Waals surface area (Å²) >= 11 is 6.65. The highest BCUT2D eigenvalue weighted by atomic mass is 79.9. The molecule has 0 saturated heterocycles. The number of esters is 1. The number of hydrogen-bond donors (Lipinski definition) is 2. The van der Waals surface area contributed by atoms with Crippen molar-refractivity contribution in [1.82, 2.24) is 5.43 Å². The van der Waals surface area contributed by atoms with E-state index >= 15 is 0 Å². The summed E-state index contributed by atoms with van der Waals surface area (Å²) in [5.74, 6) is -1.51. The van der Waals surface area contributed by atoms with Crippen molar-refractivity contribution in [3.8, 4) is 11.5 Å². The number of amides is 2. The van der Waals surface area contributed by atoms with E-state index in [-0.39, 0.29) is 5.75 Å². The Kier molecular flexibility index (Phi) is 9.56. The van der Waals surface area contributed by atoms with Crippen LogP contribution in [0, 0.1) is 0 Å². The van der Waals surface area contributed by atoms with Crippen molar-refractivity contribution in [2.75, 3.05) is 11.9 Å². The van der Waals surface area contributed by atoms with Crippen LogP contribution in [0.15, 0.2) is 80.8 Å². The lowest BCUT2D eigenvalue weighted by molar-refractivity contribution is -0.136. The van der Waals surface area contributed by atoms with Crippen LogP contribution in [0.25, 0.3) is 0 Å². The molecule has 0 heterocycles. The van der Waals surface area contributed by atoms with Crippen LogP contribution in [0.1, 0.15) is 29.3 Å². The van der Waals surface area contributed by atoms with Crippen LogP contribution in [0.4, 0.5) is 5.69 Å². The minimum atomic E-state index is -0.955. The Morgan fingerprint density at radius 3 is 2.29 bits per heavy atom. The van der Waals surface area contributed by atoms with Crippen LogP contribution in [0.5, 0.6) is 11.5 Å². The predicted molar refractivity (Wildman–Crippen MR) is 140 cm³/mol. The van der Waals surface area contributed by atoms with Gasteiger partial charge in [0.1, 0.15) is 11.5 Å². The monoisotopic (exact) mass is 601 g/mol. The summed E-state index contributed by atoms with van der Waals surface area (Å²) in [6, 6.07) is 18.3. The Balaban J connectivity index is 1.63. The summed E-state index contributed by atoms with van der Waals surface area (Å²) in [5.41, 5.74) is 3.37. The summed E-state index contributed by atoms with van der Waals surface area (Å²) < 4.78 is 12.6. The lowest BCUT2D eigenvalue weighted by Gasteiger charge is -2.09.